The van der Waals surface area contributed by atoms with Crippen molar-refractivity contribution in [1.82, 2.24) is 5.32 Å². The summed E-state index contributed by atoms with van der Waals surface area (Å²) in [6.07, 6.45) is 1.56. The lowest BCUT2D eigenvalue weighted by atomic mass is 9.84. The maximum Gasteiger partial charge on any atom is 0.222 e. The van der Waals surface area contributed by atoms with Crippen LogP contribution in [0.2, 0.25) is 0 Å². The Bertz CT molecular complexity index is 691. The van der Waals surface area contributed by atoms with E-state index in [9.17, 15) is 9.90 Å². The van der Waals surface area contributed by atoms with Crippen LogP contribution in [0, 0.1) is 11.3 Å². The summed E-state index contributed by atoms with van der Waals surface area (Å²) in [7, 11) is 0. The predicted octanol–water partition coefficient (Wildman–Crippen LogP) is 4.28. The van der Waals surface area contributed by atoms with Crippen LogP contribution in [0.3, 0.4) is 0 Å². The Morgan fingerprint density at radius 1 is 1.22 bits per heavy atom. The van der Waals surface area contributed by atoms with Gasteiger partial charge in [0.2, 0.25) is 5.91 Å². The molecule has 23 heavy (non-hydrogen) atoms. The van der Waals surface area contributed by atoms with Crippen molar-refractivity contribution >= 4 is 16.7 Å². The van der Waals surface area contributed by atoms with Gasteiger partial charge in [0.15, 0.2) is 0 Å². The van der Waals surface area contributed by atoms with Crippen LogP contribution in [0.4, 0.5) is 0 Å². The molecule has 0 heterocycles. The molecule has 0 aliphatic carbocycles. The second kappa shape index (κ2) is 7.03. The summed E-state index contributed by atoms with van der Waals surface area (Å²) in [6, 6.07) is 11.9. The third-order valence-electron chi connectivity index (χ3n) is 4.45. The first-order valence-corrected chi connectivity index (χ1v) is 8.31. The zero-order valence-corrected chi connectivity index (χ0v) is 14.5. The topological polar surface area (TPSA) is 49.3 Å². The number of phenols is 1. The van der Waals surface area contributed by atoms with E-state index in [1.807, 2.05) is 50.2 Å². The number of hydrogen-bond acceptors (Lipinski definition) is 2. The molecule has 0 aromatic heterocycles. The number of benzene rings is 2. The largest absolute Gasteiger partial charge is 0.507 e. The zero-order chi connectivity index (χ0) is 17.0. The lowest BCUT2D eigenvalue weighted by Crippen LogP contribution is -2.37. The standard InChI is InChI=1S/C20H27NO2/c1-5-14(2)19(23)21-13-20(3,4)12-16-11-10-15-8-6-7-9-17(15)18(16)22/h6-11,14,22H,5,12-13H2,1-4H3,(H,21,23). The van der Waals surface area contributed by atoms with Crippen molar-refractivity contribution in [2.45, 2.75) is 40.5 Å². The van der Waals surface area contributed by atoms with Gasteiger partial charge in [0.1, 0.15) is 5.75 Å². The minimum absolute atomic E-state index is 0.0415. The van der Waals surface area contributed by atoms with E-state index in [0.29, 0.717) is 18.7 Å². The van der Waals surface area contributed by atoms with Gasteiger partial charge >= 0.3 is 0 Å². The van der Waals surface area contributed by atoms with Gasteiger partial charge in [-0.05, 0) is 29.2 Å². The number of aromatic hydroxyl groups is 1. The number of carbonyl (C=O) groups is 1. The summed E-state index contributed by atoms with van der Waals surface area (Å²) in [4.78, 5) is 12.0. The van der Waals surface area contributed by atoms with Crippen LogP contribution in [-0.4, -0.2) is 17.6 Å². The molecule has 0 saturated heterocycles. The molecule has 0 saturated carbocycles. The molecule has 3 heteroatoms. The Hall–Kier alpha value is -2.03. The van der Waals surface area contributed by atoms with Crippen molar-refractivity contribution < 1.29 is 9.90 Å². The highest BCUT2D eigenvalue weighted by molar-refractivity contribution is 5.89. The summed E-state index contributed by atoms with van der Waals surface area (Å²) in [5.74, 6) is 0.493. The molecular weight excluding hydrogens is 286 g/mol. The molecule has 0 spiro atoms. The van der Waals surface area contributed by atoms with Gasteiger partial charge in [0, 0.05) is 17.8 Å². The summed E-state index contributed by atoms with van der Waals surface area (Å²) in [5.41, 5.74) is 0.801. The van der Waals surface area contributed by atoms with Crippen LogP contribution in [-0.2, 0) is 11.2 Å². The van der Waals surface area contributed by atoms with E-state index in [-0.39, 0.29) is 17.2 Å². The SMILES string of the molecule is CCC(C)C(=O)NCC(C)(C)Cc1ccc2ccccc2c1O. The average molecular weight is 313 g/mol. The molecule has 2 aromatic carbocycles. The maximum absolute atomic E-state index is 12.0. The first-order valence-electron chi connectivity index (χ1n) is 8.31. The summed E-state index contributed by atoms with van der Waals surface area (Å²) < 4.78 is 0. The van der Waals surface area contributed by atoms with Crippen molar-refractivity contribution in [2.75, 3.05) is 6.54 Å². The monoisotopic (exact) mass is 313 g/mol. The summed E-state index contributed by atoms with van der Waals surface area (Å²) >= 11 is 0. The molecular formula is C20H27NO2. The fourth-order valence-electron chi connectivity index (χ4n) is 2.71. The first-order chi connectivity index (χ1) is 10.8. The average Bonchev–Trinajstić information content (AvgIpc) is 2.54. The van der Waals surface area contributed by atoms with Gasteiger partial charge in [-0.15, -0.1) is 0 Å². The lowest BCUT2D eigenvalue weighted by Gasteiger charge is -2.26. The highest BCUT2D eigenvalue weighted by Crippen LogP contribution is 2.33. The lowest BCUT2D eigenvalue weighted by molar-refractivity contribution is -0.125. The molecule has 1 amide bonds. The molecule has 0 fully saturated rings. The van der Waals surface area contributed by atoms with E-state index in [2.05, 4.69) is 19.2 Å². The van der Waals surface area contributed by atoms with Crippen molar-refractivity contribution in [3.63, 3.8) is 0 Å². The number of fused-ring (bicyclic) bond motifs is 1. The molecule has 1 atom stereocenters. The molecule has 0 radical (unpaired) electrons. The van der Waals surface area contributed by atoms with E-state index in [1.54, 1.807) is 0 Å². The van der Waals surface area contributed by atoms with Crippen LogP contribution >= 0.6 is 0 Å². The van der Waals surface area contributed by atoms with Gasteiger partial charge in [-0.25, -0.2) is 0 Å². The number of amides is 1. The van der Waals surface area contributed by atoms with Gasteiger partial charge in [0.25, 0.3) is 0 Å². The summed E-state index contributed by atoms with van der Waals surface area (Å²) in [5, 5.41) is 15.5. The highest BCUT2D eigenvalue weighted by atomic mass is 16.3. The van der Waals surface area contributed by atoms with Gasteiger partial charge in [-0.3, -0.25) is 4.79 Å². The minimum Gasteiger partial charge on any atom is -0.507 e. The molecule has 0 aliphatic rings. The zero-order valence-electron chi connectivity index (χ0n) is 14.5. The second-order valence-electron chi connectivity index (χ2n) is 7.16. The van der Waals surface area contributed by atoms with Gasteiger partial charge in [-0.2, -0.15) is 0 Å². The molecule has 0 bridgehead atoms. The van der Waals surface area contributed by atoms with E-state index >= 15 is 0 Å². The number of phenolic OH excluding ortho intramolecular Hbond substituents is 1. The van der Waals surface area contributed by atoms with Crippen molar-refractivity contribution in [3.8, 4) is 5.75 Å². The van der Waals surface area contributed by atoms with Crippen LogP contribution in [0.5, 0.6) is 5.75 Å². The van der Waals surface area contributed by atoms with Crippen LogP contribution in [0.25, 0.3) is 10.8 Å². The number of nitrogens with one attached hydrogen (secondary N) is 1. The van der Waals surface area contributed by atoms with E-state index in [1.165, 1.54) is 0 Å². The predicted molar refractivity (Wildman–Crippen MR) is 95.6 cm³/mol. The Morgan fingerprint density at radius 3 is 2.61 bits per heavy atom. The molecule has 2 aromatic rings. The fourth-order valence-corrected chi connectivity index (χ4v) is 2.71. The van der Waals surface area contributed by atoms with E-state index < -0.39 is 0 Å². The summed E-state index contributed by atoms with van der Waals surface area (Å²) in [6.45, 7) is 8.78. The van der Waals surface area contributed by atoms with E-state index in [0.717, 1.165) is 22.8 Å². The van der Waals surface area contributed by atoms with Crippen molar-refractivity contribution in [2.24, 2.45) is 11.3 Å². The molecule has 0 aliphatic heterocycles. The van der Waals surface area contributed by atoms with Crippen LogP contribution in [0.1, 0.15) is 39.7 Å². The minimum atomic E-state index is -0.122. The Kier molecular flexibility index (Phi) is 5.30. The highest BCUT2D eigenvalue weighted by Gasteiger charge is 2.22. The normalized spacial score (nSPS) is 13.0. The fraction of sp³-hybridized carbons (Fsp3) is 0.450. The Morgan fingerprint density at radius 2 is 1.91 bits per heavy atom. The number of hydrogen-bond donors (Lipinski definition) is 2. The third-order valence-corrected chi connectivity index (χ3v) is 4.45. The van der Waals surface area contributed by atoms with Crippen molar-refractivity contribution in [1.29, 1.82) is 0 Å². The number of carbonyl (C=O) groups excluding carboxylic acids is 1. The first kappa shape index (κ1) is 17.3. The van der Waals surface area contributed by atoms with E-state index in [4.69, 9.17) is 0 Å². The Labute approximate surface area is 138 Å². The smallest absolute Gasteiger partial charge is 0.222 e. The third kappa shape index (κ3) is 4.25. The molecule has 1 unspecified atom stereocenters. The maximum atomic E-state index is 12.0. The van der Waals surface area contributed by atoms with Crippen molar-refractivity contribution in [3.05, 3.63) is 42.0 Å². The molecule has 2 N–H and O–H groups in total. The van der Waals surface area contributed by atoms with Gasteiger partial charge < -0.3 is 10.4 Å². The second-order valence-corrected chi connectivity index (χ2v) is 7.16. The quantitative estimate of drug-likeness (QED) is 0.836. The number of rotatable bonds is 6. The van der Waals surface area contributed by atoms with Gasteiger partial charge in [-0.1, -0.05) is 64.1 Å². The molecule has 3 nitrogen and oxygen atoms in total. The van der Waals surface area contributed by atoms with Gasteiger partial charge in [0.05, 0.1) is 0 Å². The Balaban J connectivity index is 2.11. The molecule has 124 valence electrons. The molecule has 2 rings (SSSR count). The van der Waals surface area contributed by atoms with Crippen LogP contribution < -0.4 is 5.32 Å². The van der Waals surface area contributed by atoms with Crippen LogP contribution in [0.15, 0.2) is 36.4 Å².